The fourth-order valence-corrected chi connectivity index (χ4v) is 10.8. The van der Waals surface area contributed by atoms with Crippen LogP contribution in [0, 0.1) is 0 Å². The number of rotatable bonds is 47. The zero-order valence-electron chi connectivity index (χ0n) is 49.1. The molecule has 0 aromatic carbocycles. The first-order valence-corrected chi connectivity index (χ1v) is 31.6. The molecule has 1 amide bonds. The lowest BCUT2D eigenvalue weighted by Crippen LogP contribution is -2.66. The third-order valence-electron chi connectivity index (χ3n) is 16.0. The molecule has 19 nitrogen and oxygen atoms in total. The number of carbonyl (C=O) groups is 1. The molecule has 0 saturated carbocycles. The minimum absolute atomic E-state index is 0.243. The molecule has 3 saturated heterocycles. The molecule has 3 rings (SSSR count). The van der Waals surface area contributed by atoms with Gasteiger partial charge < -0.3 is 89.9 Å². The number of nitrogens with one attached hydrogen (secondary N) is 1. The van der Waals surface area contributed by atoms with Gasteiger partial charge in [0, 0.05) is 6.42 Å². The summed E-state index contributed by atoms with van der Waals surface area (Å²) in [6.07, 6.45) is 20.1. The molecule has 0 aliphatic carbocycles. The Bertz CT molecular complexity index is 1560. The lowest BCUT2D eigenvalue weighted by molar-refractivity contribution is -0.379. The molecule has 3 heterocycles. The normalized spacial score (nSPS) is 30.1. The largest absolute Gasteiger partial charge is 0.394 e. The van der Waals surface area contributed by atoms with Crippen LogP contribution in [0.25, 0.3) is 0 Å². The molecule has 12 N–H and O–H groups in total. The van der Waals surface area contributed by atoms with Gasteiger partial charge in [-0.2, -0.15) is 0 Å². The van der Waals surface area contributed by atoms with E-state index >= 15 is 0 Å². The van der Waals surface area contributed by atoms with Crippen LogP contribution >= 0.6 is 0 Å². The number of aliphatic hydroxyl groups excluding tert-OH is 11. The third-order valence-corrected chi connectivity index (χ3v) is 16.0. The molecule has 3 fully saturated rings. The summed E-state index contributed by atoms with van der Waals surface area (Å²) in [6, 6.07) is -0.971. The smallest absolute Gasteiger partial charge is 0.220 e. The highest BCUT2D eigenvalue weighted by Crippen LogP contribution is 2.33. The van der Waals surface area contributed by atoms with Crippen molar-refractivity contribution in [2.24, 2.45) is 0 Å². The Morgan fingerprint density at radius 3 is 1.21 bits per heavy atom. The van der Waals surface area contributed by atoms with Crippen LogP contribution in [-0.2, 0) is 33.2 Å². The maximum absolute atomic E-state index is 13.3. The first-order valence-electron chi connectivity index (χ1n) is 31.6. The Balaban J connectivity index is 1.48. The molecule has 3 aliphatic rings. The van der Waals surface area contributed by atoms with Gasteiger partial charge in [0.05, 0.1) is 38.6 Å². The van der Waals surface area contributed by atoms with E-state index in [0.29, 0.717) is 6.42 Å². The van der Waals surface area contributed by atoms with Crippen molar-refractivity contribution < 1.29 is 89.4 Å². The van der Waals surface area contributed by atoms with Gasteiger partial charge in [0.1, 0.15) is 73.2 Å². The Labute approximate surface area is 479 Å². The summed E-state index contributed by atoms with van der Waals surface area (Å²) in [4.78, 5) is 13.3. The van der Waals surface area contributed by atoms with E-state index in [-0.39, 0.29) is 18.9 Å². The maximum Gasteiger partial charge on any atom is 0.220 e. The van der Waals surface area contributed by atoms with Crippen molar-refractivity contribution >= 4 is 5.91 Å². The van der Waals surface area contributed by atoms with E-state index in [1.165, 1.54) is 148 Å². The van der Waals surface area contributed by atoms with Crippen molar-refractivity contribution in [2.75, 3.05) is 26.4 Å². The summed E-state index contributed by atoms with van der Waals surface area (Å²) in [5.41, 5.74) is 0. The number of hydrogen-bond donors (Lipinski definition) is 12. The second-order valence-corrected chi connectivity index (χ2v) is 22.9. The summed E-state index contributed by atoms with van der Waals surface area (Å²) >= 11 is 0. The molecular weight excluding hydrogens is 1030 g/mol. The SMILES string of the molecule is CCCCCCCCCC/C=C\CCCCCCCCCCCC(=O)NC(COC1OC(CO)C(OC2OC(CO)C(OC3OC(CO)C(O)C(O)C3O)C(O)C2O)C(O)C1O)C(O)/C=C/CCCCCCCCCCCCCC. The van der Waals surface area contributed by atoms with Crippen molar-refractivity contribution in [2.45, 2.75) is 330 Å². The summed E-state index contributed by atoms with van der Waals surface area (Å²) in [5.74, 6) is -0.277. The molecule has 0 spiro atoms. The molecule has 17 unspecified atom stereocenters. The van der Waals surface area contributed by atoms with E-state index in [9.17, 15) is 61.0 Å². The predicted molar refractivity (Wildman–Crippen MR) is 305 cm³/mol. The van der Waals surface area contributed by atoms with E-state index in [1.54, 1.807) is 6.08 Å². The van der Waals surface area contributed by atoms with Crippen LogP contribution in [-0.4, -0.2) is 193 Å². The summed E-state index contributed by atoms with van der Waals surface area (Å²) in [7, 11) is 0. The molecule has 80 heavy (non-hydrogen) atoms. The highest BCUT2D eigenvalue weighted by Gasteiger charge is 2.53. The van der Waals surface area contributed by atoms with Crippen LogP contribution in [0.4, 0.5) is 0 Å². The summed E-state index contributed by atoms with van der Waals surface area (Å²) in [5, 5.41) is 120. The zero-order chi connectivity index (χ0) is 58.3. The van der Waals surface area contributed by atoms with Crippen LogP contribution in [0.1, 0.15) is 226 Å². The number of hydrogen-bond acceptors (Lipinski definition) is 18. The zero-order valence-corrected chi connectivity index (χ0v) is 49.1. The fraction of sp³-hybridized carbons (Fsp3) is 0.918. The van der Waals surface area contributed by atoms with E-state index in [2.05, 4.69) is 31.3 Å². The number of ether oxygens (including phenoxy) is 6. The molecular formula is C61H113NO18. The lowest BCUT2D eigenvalue weighted by Gasteiger charge is -2.48. The standard InChI is InChI=1S/C61H113NO18/c1-3-5-7-9-11-13-15-17-19-20-21-22-23-24-25-27-29-31-33-35-37-39-49(67)62-44(45(66)38-36-34-32-30-28-26-18-16-14-12-10-8-6-4-2)43-75-59-55(73)52(70)57(47(41-64)77-59)80-61-56(74)53(71)58(48(42-65)78-61)79-60-54(72)51(69)50(68)46(40-63)76-60/h20-21,36,38,44-48,50-61,63-66,68-74H,3-19,22-35,37,39-43H2,1-2H3,(H,62,67)/b21-20-,38-36+. The van der Waals surface area contributed by atoms with Gasteiger partial charge in [-0.25, -0.2) is 0 Å². The van der Waals surface area contributed by atoms with Gasteiger partial charge >= 0.3 is 0 Å². The molecule has 0 radical (unpaired) electrons. The number of carbonyl (C=O) groups excluding carboxylic acids is 1. The van der Waals surface area contributed by atoms with Gasteiger partial charge in [-0.3, -0.25) is 4.79 Å². The summed E-state index contributed by atoms with van der Waals surface area (Å²) < 4.78 is 34.3. The average Bonchev–Trinajstić information content (AvgIpc) is 3.45. The Kier molecular flexibility index (Phi) is 40.5. The molecule has 3 aliphatic heterocycles. The maximum atomic E-state index is 13.3. The van der Waals surface area contributed by atoms with Crippen LogP contribution in [0.15, 0.2) is 24.3 Å². The van der Waals surface area contributed by atoms with Gasteiger partial charge in [0.15, 0.2) is 18.9 Å². The highest BCUT2D eigenvalue weighted by molar-refractivity contribution is 5.76. The van der Waals surface area contributed by atoms with Crippen LogP contribution < -0.4 is 5.32 Å². The predicted octanol–water partition coefficient (Wildman–Crippen LogP) is 6.32. The molecule has 0 bridgehead atoms. The second kappa shape index (κ2) is 44.7. The van der Waals surface area contributed by atoms with Gasteiger partial charge in [-0.1, -0.05) is 199 Å². The lowest BCUT2D eigenvalue weighted by atomic mass is 9.96. The van der Waals surface area contributed by atoms with Gasteiger partial charge in [0.2, 0.25) is 5.91 Å². The van der Waals surface area contributed by atoms with Crippen molar-refractivity contribution in [1.82, 2.24) is 5.32 Å². The summed E-state index contributed by atoms with van der Waals surface area (Å²) in [6.45, 7) is 1.73. The van der Waals surface area contributed by atoms with Crippen molar-refractivity contribution in [1.29, 1.82) is 0 Å². The number of allylic oxidation sites excluding steroid dienone is 3. The molecule has 0 aromatic heterocycles. The molecule has 0 aromatic rings. The number of amides is 1. The van der Waals surface area contributed by atoms with E-state index in [1.807, 2.05) is 6.08 Å². The van der Waals surface area contributed by atoms with Gasteiger partial charge in [0.25, 0.3) is 0 Å². The quantitative estimate of drug-likeness (QED) is 0.0234. The Hall–Kier alpha value is -1.73. The molecule has 19 heteroatoms. The second-order valence-electron chi connectivity index (χ2n) is 22.9. The minimum Gasteiger partial charge on any atom is -0.394 e. The highest BCUT2D eigenvalue weighted by atomic mass is 16.8. The third kappa shape index (κ3) is 28.0. The first-order chi connectivity index (χ1) is 38.8. The van der Waals surface area contributed by atoms with E-state index in [4.69, 9.17) is 28.4 Å². The van der Waals surface area contributed by atoms with Crippen LogP contribution in [0.5, 0.6) is 0 Å². The van der Waals surface area contributed by atoms with Crippen molar-refractivity contribution in [3.05, 3.63) is 24.3 Å². The van der Waals surface area contributed by atoms with E-state index in [0.717, 1.165) is 51.4 Å². The minimum atomic E-state index is -1.98. The fourth-order valence-electron chi connectivity index (χ4n) is 10.8. The van der Waals surface area contributed by atoms with Crippen LogP contribution in [0.3, 0.4) is 0 Å². The van der Waals surface area contributed by atoms with E-state index < -0.39 is 124 Å². The topological polar surface area (TPSA) is 307 Å². The van der Waals surface area contributed by atoms with Gasteiger partial charge in [-0.05, 0) is 44.9 Å². The average molecular weight is 1150 g/mol. The number of unbranched alkanes of at least 4 members (excludes halogenated alkanes) is 29. The monoisotopic (exact) mass is 1150 g/mol. The Morgan fingerprint density at radius 2 is 0.787 bits per heavy atom. The molecule has 470 valence electrons. The first kappa shape index (κ1) is 72.5. The van der Waals surface area contributed by atoms with Crippen LogP contribution in [0.2, 0.25) is 0 Å². The van der Waals surface area contributed by atoms with Crippen molar-refractivity contribution in [3.63, 3.8) is 0 Å². The van der Waals surface area contributed by atoms with Crippen molar-refractivity contribution in [3.8, 4) is 0 Å². The molecule has 17 atom stereocenters. The van der Waals surface area contributed by atoms with Gasteiger partial charge in [-0.15, -0.1) is 0 Å². The number of aliphatic hydroxyl groups is 11. The Morgan fingerprint density at radius 1 is 0.438 bits per heavy atom.